The van der Waals surface area contributed by atoms with Crippen LogP contribution in [0.4, 0.5) is 4.79 Å². The minimum Gasteiger partial charge on any atom is -0.507 e. The first-order valence-electron chi connectivity index (χ1n) is 10.2. The summed E-state index contributed by atoms with van der Waals surface area (Å²) in [7, 11) is 3.16. The second kappa shape index (κ2) is 8.30. The monoisotopic (exact) mass is 429 g/mol. The highest BCUT2D eigenvalue weighted by Crippen LogP contribution is 2.45. The van der Waals surface area contributed by atoms with Gasteiger partial charge in [0, 0.05) is 11.1 Å². The summed E-state index contributed by atoms with van der Waals surface area (Å²) in [6, 6.07) is 10.3. The van der Waals surface area contributed by atoms with E-state index in [-0.39, 0.29) is 12.4 Å². The van der Waals surface area contributed by atoms with E-state index in [2.05, 4.69) is 0 Å². The highest BCUT2D eigenvalue weighted by atomic mass is 16.6. The third kappa shape index (κ3) is 4.71. The Morgan fingerprint density at radius 1 is 1.10 bits per heavy atom. The number of methoxy groups -OCH3 is 2. The van der Waals surface area contributed by atoms with Crippen molar-refractivity contribution >= 4 is 6.09 Å². The lowest BCUT2D eigenvalue weighted by molar-refractivity contribution is -0.0626. The van der Waals surface area contributed by atoms with Crippen molar-refractivity contribution < 1.29 is 28.8 Å². The molecular weight excluding hydrogens is 398 g/mol. The predicted molar refractivity (Wildman–Crippen MR) is 117 cm³/mol. The summed E-state index contributed by atoms with van der Waals surface area (Å²) in [6.07, 6.45) is -0.506. The Morgan fingerprint density at radius 3 is 2.26 bits per heavy atom. The highest BCUT2D eigenvalue weighted by Gasteiger charge is 2.47. The van der Waals surface area contributed by atoms with Crippen LogP contribution in [0.3, 0.4) is 0 Å². The molecule has 7 nitrogen and oxygen atoms in total. The first kappa shape index (κ1) is 22.7. The molecule has 0 radical (unpaired) electrons. The summed E-state index contributed by atoms with van der Waals surface area (Å²) >= 11 is 0. The average molecular weight is 430 g/mol. The Bertz CT molecular complexity index is 946. The Morgan fingerprint density at radius 2 is 1.71 bits per heavy atom. The van der Waals surface area contributed by atoms with Crippen LogP contribution in [0, 0.1) is 0 Å². The first-order chi connectivity index (χ1) is 14.5. The largest absolute Gasteiger partial charge is 0.507 e. The fourth-order valence-corrected chi connectivity index (χ4v) is 3.68. The molecule has 2 aromatic carbocycles. The van der Waals surface area contributed by atoms with Crippen molar-refractivity contribution in [3.05, 3.63) is 42.0 Å². The number of carbonyl (C=O) groups is 1. The van der Waals surface area contributed by atoms with Gasteiger partial charge in [-0.3, -0.25) is 4.90 Å². The Hall–Kier alpha value is -2.93. The zero-order chi connectivity index (χ0) is 23.0. The second-order valence-corrected chi connectivity index (χ2v) is 8.97. The van der Waals surface area contributed by atoms with Crippen molar-refractivity contribution in [2.45, 2.75) is 52.0 Å². The lowest BCUT2D eigenvalue weighted by Gasteiger charge is -2.35. The molecule has 1 fully saturated rings. The maximum absolute atomic E-state index is 13.0. The normalized spacial score (nSPS) is 18.0. The van der Waals surface area contributed by atoms with Gasteiger partial charge < -0.3 is 24.1 Å². The molecule has 1 atom stereocenters. The quantitative estimate of drug-likeness (QED) is 0.727. The molecule has 3 rings (SSSR count). The average Bonchev–Trinajstić information content (AvgIpc) is 3.02. The summed E-state index contributed by atoms with van der Waals surface area (Å²) in [5.41, 5.74) is 0.348. The van der Waals surface area contributed by atoms with Gasteiger partial charge in [0.1, 0.15) is 28.6 Å². The van der Waals surface area contributed by atoms with Crippen molar-refractivity contribution in [2.75, 3.05) is 20.8 Å². The molecule has 1 heterocycles. The first-order valence-corrected chi connectivity index (χ1v) is 10.2. The van der Waals surface area contributed by atoms with Crippen molar-refractivity contribution in [1.82, 2.24) is 4.90 Å². The van der Waals surface area contributed by atoms with Gasteiger partial charge in [-0.25, -0.2) is 4.79 Å². The van der Waals surface area contributed by atoms with Gasteiger partial charge in [-0.15, -0.1) is 0 Å². The summed E-state index contributed by atoms with van der Waals surface area (Å²) in [5, 5.41) is 11.2. The number of phenolic OH excluding ortho intramolecular Hbond substituents is 1. The van der Waals surface area contributed by atoms with Crippen LogP contribution < -0.4 is 9.47 Å². The molecule has 1 aliphatic rings. The summed E-state index contributed by atoms with van der Waals surface area (Å²) in [5.74, 6) is 1.34. The number of ether oxygens (including phenoxy) is 4. The zero-order valence-electron chi connectivity index (χ0n) is 19.2. The minimum absolute atomic E-state index is 0.0609. The van der Waals surface area contributed by atoms with Crippen molar-refractivity contribution in [1.29, 1.82) is 0 Å². The Labute approximate surface area is 183 Å². The van der Waals surface area contributed by atoms with Gasteiger partial charge in [0.25, 0.3) is 0 Å². The van der Waals surface area contributed by atoms with E-state index in [1.54, 1.807) is 40.2 Å². The fraction of sp³-hybridized carbons (Fsp3) is 0.458. The maximum atomic E-state index is 13.0. The molecule has 1 amide bonds. The Kier molecular flexibility index (Phi) is 6.09. The van der Waals surface area contributed by atoms with Crippen molar-refractivity contribution in [3.8, 4) is 28.4 Å². The highest BCUT2D eigenvalue weighted by molar-refractivity contribution is 5.76. The van der Waals surface area contributed by atoms with Gasteiger partial charge in [-0.2, -0.15) is 0 Å². The molecule has 0 bridgehead atoms. The number of benzene rings is 2. The number of aromatic hydroxyl groups is 1. The number of nitrogens with zero attached hydrogens (tertiary/aromatic N) is 1. The van der Waals surface area contributed by atoms with E-state index < -0.39 is 23.5 Å². The van der Waals surface area contributed by atoms with E-state index in [9.17, 15) is 9.90 Å². The van der Waals surface area contributed by atoms with E-state index in [0.29, 0.717) is 22.6 Å². The van der Waals surface area contributed by atoms with Crippen LogP contribution in [0.5, 0.6) is 17.2 Å². The van der Waals surface area contributed by atoms with E-state index in [1.165, 1.54) is 4.90 Å². The van der Waals surface area contributed by atoms with Gasteiger partial charge in [0.2, 0.25) is 0 Å². The topological polar surface area (TPSA) is 77.5 Å². The molecule has 1 N–H and O–H groups in total. The van der Waals surface area contributed by atoms with Gasteiger partial charge in [0.05, 0.1) is 26.9 Å². The van der Waals surface area contributed by atoms with Gasteiger partial charge in [-0.1, -0.05) is 12.1 Å². The summed E-state index contributed by atoms with van der Waals surface area (Å²) < 4.78 is 22.3. The van der Waals surface area contributed by atoms with Crippen LogP contribution in [0.15, 0.2) is 36.4 Å². The number of carbonyl (C=O) groups excluding carboxylic acids is 1. The van der Waals surface area contributed by atoms with Crippen LogP contribution >= 0.6 is 0 Å². The van der Waals surface area contributed by atoms with Gasteiger partial charge >= 0.3 is 6.09 Å². The Balaban J connectivity index is 2.08. The molecule has 168 valence electrons. The summed E-state index contributed by atoms with van der Waals surface area (Å²) in [4.78, 5) is 14.6. The molecule has 1 aliphatic heterocycles. The molecule has 0 unspecified atom stereocenters. The second-order valence-electron chi connectivity index (χ2n) is 8.97. The van der Waals surface area contributed by atoms with Gasteiger partial charge in [-0.05, 0) is 64.4 Å². The van der Waals surface area contributed by atoms with Crippen LogP contribution in [0.2, 0.25) is 0 Å². The van der Waals surface area contributed by atoms with Crippen LogP contribution in [0.25, 0.3) is 11.1 Å². The lowest BCUT2D eigenvalue weighted by Crippen LogP contribution is -2.47. The molecule has 0 spiro atoms. The van der Waals surface area contributed by atoms with Crippen molar-refractivity contribution in [2.24, 2.45) is 0 Å². The maximum Gasteiger partial charge on any atom is 0.413 e. The number of hydrogen-bond donors (Lipinski definition) is 1. The fourth-order valence-electron chi connectivity index (χ4n) is 3.68. The molecular formula is C24H31NO6. The number of rotatable bonds is 4. The smallest absolute Gasteiger partial charge is 0.413 e. The van der Waals surface area contributed by atoms with Gasteiger partial charge in [0.15, 0.2) is 0 Å². The molecule has 0 aliphatic carbocycles. The number of phenols is 1. The molecule has 0 aromatic heterocycles. The van der Waals surface area contributed by atoms with E-state index in [0.717, 1.165) is 5.56 Å². The standard InChI is InChI=1S/C24H31NO6/c1-23(2,3)31-22(27)25-20(14-30-24(25,4)5)19-13-17(29-7)12-18(21(19)26)15-8-10-16(28-6)11-9-15/h8-13,20,26H,14H2,1-7H3/t20-/m0/s1. The minimum atomic E-state index is -0.900. The predicted octanol–water partition coefficient (Wildman–Crippen LogP) is 5.12. The zero-order valence-corrected chi connectivity index (χ0v) is 19.2. The van der Waals surface area contributed by atoms with Crippen molar-refractivity contribution in [3.63, 3.8) is 0 Å². The number of hydrogen-bond acceptors (Lipinski definition) is 6. The summed E-state index contributed by atoms with van der Waals surface area (Å²) in [6.45, 7) is 9.27. The SMILES string of the molecule is COc1ccc(-c2cc(OC)cc([C@@H]3COC(C)(C)N3C(=O)OC(C)(C)C)c2O)cc1. The van der Waals surface area contributed by atoms with Crippen LogP contribution in [0.1, 0.15) is 46.2 Å². The van der Waals surface area contributed by atoms with E-state index in [1.807, 2.05) is 45.0 Å². The molecule has 0 saturated carbocycles. The molecule has 7 heteroatoms. The lowest BCUT2D eigenvalue weighted by atomic mass is 9.96. The third-order valence-corrected chi connectivity index (χ3v) is 5.19. The van der Waals surface area contributed by atoms with Crippen LogP contribution in [-0.4, -0.2) is 48.3 Å². The third-order valence-electron chi connectivity index (χ3n) is 5.19. The molecule has 31 heavy (non-hydrogen) atoms. The van der Waals surface area contributed by atoms with E-state index >= 15 is 0 Å². The van der Waals surface area contributed by atoms with E-state index in [4.69, 9.17) is 18.9 Å². The number of amides is 1. The molecule has 1 saturated heterocycles. The molecule has 2 aromatic rings. The van der Waals surface area contributed by atoms with Crippen LogP contribution in [-0.2, 0) is 9.47 Å².